The molecule has 0 heterocycles. The van der Waals surface area contributed by atoms with Crippen molar-refractivity contribution >= 4 is 11.6 Å². The van der Waals surface area contributed by atoms with Crippen LogP contribution in [0.15, 0.2) is 48.5 Å². The Morgan fingerprint density at radius 2 is 1.50 bits per heavy atom. The zero-order chi connectivity index (χ0) is 22.2. The van der Waals surface area contributed by atoms with E-state index in [1.165, 1.54) is 0 Å². The number of hydrogen-bond acceptors (Lipinski definition) is 3. The largest absolute Gasteiger partial charge is 0.507 e. The summed E-state index contributed by atoms with van der Waals surface area (Å²) in [5.74, 6) is -0.516. The smallest absolute Gasteiger partial charge is 0.259 e. The van der Waals surface area contributed by atoms with E-state index in [2.05, 4.69) is 5.32 Å². The first-order valence-electron chi connectivity index (χ1n) is 10.0. The van der Waals surface area contributed by atoms with Crippen molar-refractivity contribution in [3.63, 3.8) is 0 Å². The molecular formula is C26H29NO3. The zero-order valence-electron chi connectivity index (χ0n) is 18.4. The van der Waals surface area contributed by atoms with E-state index in [1.807, 2.05) is 71.9 Å². The monoisotopic (exact) mass is 403 g/mol. The molecule has 0 radical (unpaired) electrons. The number of rotatable bonds is 3. The zero-order valence-corrected chi connectivity index (χ0v) is 18.4. The third-order valence-electron chi connectivity index (χ3n) is 5.26. The second kappa shape index (κ2) is 7.86. The predicted octanol–water partition coefficient (Wildman–Crippen LogP) is 6.24. The van der Waals surface area contributed by atoms with Crippen LogP contribution in [0.3, 0.4) is 0 Å². The molecule has 3 rings (SSSR count). The number of aryl methyl sites for hydroxylation is 3. The van der Waals surface area contributed by atoms with Crippen molar-refractivity contribution in [2.75, 3.05) is 5.32 Å². The summed E-state index contributed by atoms with van der Waals surface area (Å²) in [6.07, 6.45) is 0. The summed E-state index contributed by atoms with van der Waals surface area (Å²) in [5, 5.41) is 24.0. The van der Waals surface area contributed by atoms with Crippen molar-refractivity contribution < 1.29 is 15.0 Å². The molecule has 0 saturated carbocycles. The number of carbonyl (C=O) groups excluding carboxylic acids is 1. The minimum atomic E-state index is -0.466. The molecule has 3 aromatic rings. The quantitative estimate of drug-likeness (QED) is 0.453. The summed E-state index contributed by atoms with van der Waals surface area (Å²) in [5.41, 5.74) is 5.81. The molecule has 156 valence electrons. The standard InChI is InChI=1S/C26H29NO3/c1-15-7-9-18(10-8-15)19-14-23(28)20(13-17(19)3)25(30)27-22-12-16(2)11-21(24(22)29)26(4,5)6/h7-14,28-29H,1-6H3,(H,27,30). The molecule has 0 aromatic heterocycles. The Morgan fingerprint density at radius 3 is 2.10 bits per heavy atom. The van der Waals surface area contributed by atoms with Gasteiger partial charge >= 0.3 is 0 Å². The van der Waals surface area contributed by atoms with Crippen LogP contribution in [0.1, 0.15) is 53.4 Å². The van der Waals surface area contributed by atoms with Crippen LogP contribution < -0.4 is 5.32 Å². The number of amides is 1. The molecule has 0 aliphatic heterocycles. The van der Waals surface area contributed by atoms with Crippen LogP contribution in [0, 0.1) is 20.8 Å². The van der Waals surface area contributed by atoms with Crippen LogP contribution in [-0.4, -0.2) is 16.1 Å². The Morgan fingerprint density at radius 1 is 0.867 bits per heavy atom. The molecule has 0 fully saturated rings. The average Bonchev–Trinajstić information content (AvgIpc) is 2.65. The van der Waals surface area contributed by atoms with Crippen molar-refractivity contribution in [1.29, 1.82) is 0 Å². The summed E-state index contributed by atoms with van der Waals surface area (Å²) in [6, 6.07) is 15.0. The van der Waals surface area contributed by atoms with E-state index in [-0.39, 0.29) is 22.5 Å². The number of benzene rings is 3. The molecule has 1 amide bonds. The molecule has 0 atom stereocenters. The highest BCUT2D eigenvalue weighted by Gasteiger charge is 2.23. The lowest BCUT2D eigenvalue weighted by atomic mass is 9.85. The molecule has 0 aliphatic carbocycles. The maximum absolute atomic E-state index is 12.9. The van der Waals surface area contributed by atoms with Crippen LogP contribution in [-0.2, 0) is 5.41 Å². The number of phenols is 2. The number of phenolic OH excluding ortho intramolecular Hbond substituents is 2. The number of aromatic hydroxyl groups is 2. The predicted molar refractivity (Wildman–Crippen MR) is 123 cm³/mol. The Balaban J connectivity index is 1.96. The molecule has 0 aliphatic rings. The van der Waals surface area contributed by atoms with Gasteiger partial charge < -0.3 is 15.5 Å². The van der Waals surface area contributed by atoms with Gasteiger partial charge in [-0.1, -0.05) is 56.7 Å². The second-order valence-corrected chi connectivity index (χ2v) is 8.96. The molecule has 0 saturated heterocycles. The van der Waals surface area contributed by atoms with Gasteiger partial charge in [-0.25, -0.2) is 0 Å². The van der Waals surface area contributed by atoms with Crippen LogP contribution in [0.4, 0.5) is 5.69 Å². The SMILES string of the molecule is Cc1ccc(-c2cc(O)c(C(=O)Nc3cc(C)cc(C(C)(C)C)c3O)cc2C)cc1. The third kappa shape index (κ3) is 4.33. The molecule has 4 nitrogen and oxygen atoms in total. The molecule has 0 spiro atoms. The third-order valence-corrected chi connectivity index (χ3v) is 5.26. The topological polar surface area (TPSA) is 69.6 Å². The first kappa shape index (κ1) is 21.4. The Kier molecular flexibility index (Phi) is 5.62. The van der Waals surface area contributed by atoms with Gasteiger partial charge in [-0.3, -0.25) is 4.79 Å². The van der Waals surface area contributed by atoms with Gasteiger partial charge in [0.2, 0.25) is 0 Å². The van der Waals surface area contributed by atoms with Crippen molar-refractivity contribution in [2.24, 2.45) is 0 Å². The summed E-state index contributed by atoms with van der Waals surface area (Å²) >= 11 is 0. The van der Waals surface area contributed by atoms with E-state index in [4.69, 9.17) is 0 Å². The highest BCUT2D eigenvalue weighted by Crippen LogP contribution is 2.38. The number of carbonyl (C=O) groups is 1. The van der Waals surface area contributed by atoms with E-state index >= 15 is 0 Å². The van der Waals surface area contributed by atoms with Gasteiger partial charge in [-0.15, -0.1) is 0 Å². The van der Waals surface area contributed by atoms with Crippen molar-refractivity contribution in [3.05, 3.63) is 76.3 Å². The van der Waals surface area contributed by atoms with Gasteiger partial charge in [0.1, 0.15) is 11.5 Å². The van der Waals surface area contributed by atoms with Crippen LogP contribution in [0.2, 0.25) is 0 Å². The van der Waals surface area contributed by atoms with E-state index in [1.54, 1.807) is 18.2 Å². The summed E-state index contributed by atoms with van der Waals surface area (Å²) < 4.78 is 0. The van der Waals surface area contributed by atoms with Gasteiger partial charge in [0.25, 0.3) is 5.91 Å². The first-order valence-corrected chi connectivity index (χ1v) is 10.0. The maximum Gasteiger partial charge on any atom is 0.259 e. The lowest BCUT2D eigenvalue weighted by Gasteiger charge is -2.23. The van der Waals surface area contributed by atoms with E-state index < -0.39 is 5.91 Å². The fourth-order valence-electron chi connectivity index (χ4n) is 3.56. The summed E-state index contributed by atoms with van der Waals surface area (Å²) in [6.45, 7) is 11.9. The van der Waals surface area contributed by atoms with Crippen LogP contribution >= 0.6 is 0 Å². The number of anilines is 1. The van der Waals surface area contributed by atoms with Crippen LogP contribution in [0.5, 0.6) is 11.5 Å². The Bertz CT molecular complexity index is 1110. The van der Waals surface area contributed by atoms with Gasteiger partial charge in [-0.2, -0.15) is 0 Å². The molecule has 30 heavy (non-hydrogen) atoms. The minimum absolute atomic E-state index is 0.0499. The lowest BCUT2D eigenvalue weighted by Crippen LogP contribution is -2.16. The molecule has 0 unspecified atom stereocenters. The fraction of sp³-hybridized carbons (Fsp3) is 0.269. The van der Waals surface area contributed by atoms with Gasteiger partial charge in [0.05, 0.1) is 11.3 Å². The Labute approximate surface area is 178 Å². The summed E-state index contributed by atoms with van der Waals surface area (Å²) in [4.78, 5) is 12.9. The lowest BCUT2D eigenvalue weighted by molar-refractivity contribution is 0.102. The fourth-order valence-corrected chi connectivity index (χ4v) is 3.56. The number of nitrogens with one attached hydrogen (secondary N) is 1. The van der Waals surface area contributed by atoms with Crippen LogP contribution in [0.25, 0.3) is 11.1 Å². The van der Waals surface area contributed by atoms with Crippen molar-refractivity contribution in [2.45, 2.75) is 47.0 Å². The van der Waals surface area contributed by atoms with Crippen molar-refractivity contribution in [3.8, 4) is 22.6 Å². The number of hydrogen-bond donors (Lipinski definition) is 3. The minimum Gasteiger partial charge on any atom is -0.507 e. The van der Waals surface area contributed by atoms with Crippen molar-refractivity contribution in [1.82, 2.24) is 0 Å². The van der Waals surface area contributed by atoms with E-state index in [9.17, 15) is 15.0 Å². The van der Waals surface area contributed by atoms with Gasteiger partial charge in [-0.05, 0) is 66.6 Å². The molecular weight excluding hydrogens is 374 g/mol. The second-order valence-electron chi connectivity index (χ2n) is 8.96. The van der Waals surface area contributed by atoms with Gasteiger partial charge in [0, 0.05) is 5.56 Å². The normalized spacial score (nSPS) is 11.4. The molecule has 0 bridgehead atoms. The summed E-state index contributed by atoms with van der Waals surface area (Å²) in [7, 11) is 0. The van der Waals surface area contributed by atoms with E-state index in [0.29, 0.717) is 5.69 Å². The van der Waals surface area contributed by atoms with Gasteiger partial charge in [0.15, 0.2) is 0 Å². The highest BCUT2D eigenvalue weighted by molar-refractivity contribution is 6.07. The molecule has 4 heteroatoms. The maximum atomic E-state index is 12.9. The molecule has 3 N–H and O–H groups in total. The molecule has 3 aromatic carbocycles. The highest BCUT2D eigenvalue weighted by atomic mass is 16.3. The Hall–Kier alpha value is -3.27. The first-order chi connectivity index (χ1) is 14.0. The van der Waals surface area contributed by atoms with E-state index in [0.717, 1.165) is 33.4 Å². The average molecular weight is 404 g/mol.